The maximum absolute atomic E-state index is 4.49. The number of nitrogens with zero attached hydrogens (tertiary/aromatic N) is 4. The Morgan fingerprint density at radius 2 is 2.00 bits per heavy atom. The van der Waals surface area contributed by atoms with Crippen molar-refractivity contribution in [2.45, 2.75) is 23.8 Å². The zero-order valence-electron chi connectivity index (χ0n) is 13.5. The lowest BCUT2D eigenvalue weighted by Crippen LogP contribution is -2.24. The Kier molecular flexibility index (Phi) is 5.16. The molecule has 2 aromatic rings. The molecule has 0 spiro atoms. The summed E-state index contributed by atoms with van der Waals surface area (Å²) in [6, 6.07) is 6.12. The third-order valence-corrected chi connectivity index (χ3v) is 4.90. The van der Waals surface area contributed by atoms with Gasteiger partial charge in [0, 0.05) is 18.6 Å². The van der Waals surface area contributed by atoms with E-state index in [1.54, 1.807) is 11.8 Å². The van der Waals surface area contributed by atoms with Crippen LogP contribution < -0.4 is 4.90 Å². The molecule has 0 bridgehead atoms. The lowest BCUT2D eigenvalue weighted by molar-refractivity contribution is 0.342. The van der Waals surface area contributed by atoms with E-state index in [0.29, 0.717) is 6.54 Å². The first-order valence-corrected chi connectivity index (χ1v) is 8.67. The monoisotopic (exact) mass is 324 g/mol. The molecular weight excluding hydrogens is 304 g/mol. The first-order valence-electron chi connectivity index (χ1n) is 7.86. The van der Waals surface area contributed by atoms with Gasteiger partial charge >= 0.3 is 0 Å². The van der Waals surface area contributed by atoms with Crippen LogP contribution in [0, 0.1) is 11.8 Å². The van der Waals surface area contributed by atoms with Crippen molar-refractivity contribution in [3.8, 4) is 11.8 Å². The summed E-state index contributed by atoms with van der Waals surface area (Å²) >= 11 is 1.67. The van der Waals surface area contributed by atoms with Crippen LogP contribution in [-0.4, -0.2) is 41.0 Å². The largest absolute Gasteiger partial charge is 0.326 e. The van der Waals surface area contributed by atoms with Crippen LogP contribution in [0.15, 0.2) is 46.7 Å². The first-order chi connectivity index (χ1) is 11.3. The summed E-state index contributed by atoms with van der Waals surface area (Å²) in [6.07, 6.45) is 5.56. The Morgan fingerprint density at radius 3 is 2.83 bits per heavy atom. The van der Waals surface area contributed by atoms with Crippen LogP contribution in [0.3, 0.4) is 0 Å². The zero-order chi connectivity index (χ0) is 16.1. The van der Waals surface area contributed by atoms with Crippen molar-refractivity contribution >= 4 is 23.1 Å². The number of anilines is 2. The van der Waals surface area contributed by atoms with Crippen LogP contribution in [-0.2, 0) is 0 Å². The van der Waals surface area contributed by atoms with E-state index in [1.165, 1.54) is 0 Å². The fourth-order valence-electron chi connectivity index (χ4n) is 2.49. The number of aromatic nitrogens is 2. The molecule has 3 rings (SSSR count). The van der Waals surface area contributed by atoms with Crippen molar-refractivity contribution in [3.05, 3.63) is 36.8 Å². The summed E-state index contributed by atoms with van der Waals surface area (Å²) in [5, 5.41) is 1.01. The molecule has 2 aromatic heterocycles. The molecule has 0 saturated heterocycles. The summed E-state index contributed by atoms with van der Waals surface area (Å²) in [7, 11) is 0. The lowest BCUT2D eigenvalue weighted by atomic mass is 10.3. The summed E-state index contributed by atoms with van der Waals surface area (Å²) in [4.78, 5) is 14.4. The van der Waals surface area contributed by atoms with Gasteiger partial charge in [-0.1, -0.05) is 37.5 Å². The number of hydrogen-bond acceptors (Lipinski definition) is 5. The fraction of sp³-hybridized carbons (Fsp3) is 0.333. The second-order valence-corrected chi connectivity index (χ2v) is 6.20. The highest BCUT2D eigenvalue weighted by molar-refractivity contribution is 7.99. The highest BCUT2D eigenvalue weighted by Crippen LogP contribution is 2.46. The summed E-state index contributed by atoms with van der Waals surface area (Å²) in [6.45, 7) is 7.88. The summed E-state index contributed by atoms with van der Waals surface area (Å²) in [5.41, 5.74) is 2.27. The topological polar surface area (TPSA) is 32.3 Å². The molecule has 0 unspecified atom stereocenters. The summed E-state index contributed by atoms with van der Waals surface area (Å²) < 4.78 is 0. The van der Waals surface area contributed by atoms with Gasteiger partial charge < -0.3 is 4.90 Å². The van der Waals surface area contributed by atoms with E-state index in [2.05, 4.69) is 51.5 Å². The Hall–Kier alpha value is -2.03. The Bertz CT molecular complexity index is 686. The molecule has 0 aliphatic carbocycles. The molecule has 23 heavy (non-hydrogen) atoms. The lowest BCUT2D eigenvalue weighted by Gasteiger charge is -2.30. The molecule has 0 saturated carbocycles. The van der Waals surface area contributed by atoms with Crippen molar-refractivity contribution in [2.24, 2.45) is 0 Å². The molecule has 3 heterocycles. The van der Waals surface area contributed by atoms with Gasteiger partial charge in [0.05, 0.1) is 29.4 Å². The second-order valence-electron chi connectivity index (χ2n) is 5.17. The van der Waals surface area contributed by atoms with Crippen LogP contribution in [0.25, 0.3) is 0 Å². The van der Waals surface area contributed by atoms with Crippen molar-refractivity contribution in [2.75, 3.05) is 31.1 Å². The van der Waals surface area contributed by atoms with Gasteiger partial charge in [-0.3, -0.25) is 9.88 Å². The minimum atomic E-state index is 0.664. The average Bonchev–Trinajstić information content (AvgIpc) is 2.61. The third-order valence-electron chi connectivity index (χ3n) is 3.86. The van der Waals surface area contributed by atoms with E-state index in [0.717, 1.165) is 40.9 Å². The SMILES string of the molecule is CCN(CC)CC#CCN1c2ccncc2Sc2ncccc21. The molecule has 0 radical (unpaired) electrons. The number of hydrogen-bond donors (Lipinski definition) is 0. The number of rotatable bonds is 4. The molecule has 5 heteroatoms. The minimum absolute atomic E-state index is 0.664. The molecule has 0 amide bonds. The van der Waals surface area contributed by atoms with Crippen LogP contribution in [0.2, 0.25) is 0 Å². The zero-order valence-corrected chi connectivity index (χ0v) is 14.3. The molecule has 1 aliphatic rings. The van der Waals surface area contributed by atoms with E-state index < -0.39 is 0 Å². The van der Waals surface area contributed by atoms with Gasteiger partial charge in [-0.25, -0.2) is 4.98 Å². The van der Waals surface area contributed by atoms with E-state index >= 15 is 0 Å². The Balaban J connectivity index is 1.83. The second kappa shape index (κ2) is 7.49. The molecule has 0 N–H and O–H groups in total. The highest BCUT2D eigenvalue weighted by atomic mass is 32.2. The average molecular weight is 324 g/mol. The van der Waals surface area contributed by atoms with Gasteiger partial charge in [-0.05, 0) is 31.3 Å². The Morgan fingerprint density at radius 1 is 1.13 bits per heavy atom. The van der Waals surface area contributed by atoms with E-state index in [4.69, 9.17) is 0 Å². The number of pyridine rings is 2. The molecule has 1 aliphatic heterocycles. The molecule has 0 fully saturated rings. The van der Waals surface area contributed by atoms with Gasteiger partial charge in [-0.2, -0.15) is 0 Å². The predicted molar refractivity (Wildman–Crippen MR) is 95.2 cm³/mol. The van der Waals surface area contributed by atoms with Gasteiger partial charge in [0.15, 0.2) is 0 Å². The Labute approximate surface area is 141 Å². The molecule has 0 atom stereocenters. The fourth-order valence-corrected chi connectivity index (χ4v) is 3.50. The van der Waals surface area contributed by atoms with Crippen molar-refractivity contribution in [1.82, 2.24) is 14.9 Å². The molecule has 0 aromatic carbocycles. The predicted octanol–water partition coefficient (Wildman–Crippen LogP) is 3.42. The first kappa shape index (κ1) is 15.9. The maximum atomic E-state index is 4.49. The minimum Gasteiger partial charge on any atom is -0.326 e. The van der Waals surface area contributed by atoms with Crippen LogP contribution >= 0.6 is 11.8 Å². The summed E-state index contributed by atoms with van der Waals surface area (Å²) in [5.74, 6) is 6.60. The smallest absolute Gasteiger partial charge is 0.125 e. The molecular formula is C18H20N4S. The normalized spacial score (nSPS) is 12.4. The van der Waals surface area contributed by atoms with Gasteiger partial charge in [0.2, 0.25) is 0 Å². The van der Waals surface area contributed by atoms with Crippen LogP contribution in [0.5, 0.6) is 0 Å². The van der Waals surface area contributed by atoms with Gasteiger partial charge in [-0.15, -0.1) is 0 Å². The molecule has 118 valence electrons. The van der Waals surface area contributed by atoms with E-state index in [9.17, 15) is 0 Å². The van der Waals surface area contributed by atoms with Gasteiger partial charge in [0.1, 0.15) is 5.03 Å². The van der Waals surface area contributed by atoms with Crippen LogP contribution in [0.4, 0.5) is 11.4 Å². The van der Waals surface area contributed by atoms with Crippen molar-refractivity contribution in [3.63, 3.8) is 0 Å². The van der Waals surface area contributed by atoms with Gasteiger partial charge in [0.25, 0.3) is 0 Å². The number of fused-ring (bicyclic) bond motifs is 2. The molecule has 4 nitrogen and oxygen atoms in total. The van der Waals surface area contributed by atoms with Crippen molar-refractivity contribution < 1.29 is 0 Å². The van der Waals surface area contributed by atoms with Crippen LogP contribution in [0.1, 0.15) is 13.8 Å². The van der Waals surface area contributed by atoms with E-state index in [1.807, 2.05) is 30.7 Å². The van der Waals surface area contributed by atoms with E-state index in [-0.39, 0.29) is 0 Å². The van der Waals surface area contributed by atoms with Crippen molar-refractivity contribution in [1.29, 1.82) is 0 Å². The third kappa shape index (κ3) is 3.49. The maximum Gasteiger partial charge on any atom is 0.125 e. The highest BCUT2D eigenvalue weighted by Gasteiger charge is 2.23. The standard InChI is InChI=1S/C18H20N4S/c1-3-21(4-2)12-5-6-13-22-15-9-11-19-14-17(15)23-18-16(22)8-7-10-20-18/h7-11,14H,3-4,12-13H2,1-2H3. The quantitative estimate of drug-likeness (QED) is 0.805.